The standard InChI is InChI=1S/C19H28N4O3.HI/c1-6-15-12-16(26-22-15)13-21-19(20-2)23(3)10-9-14-7-8-17(24-4)18(11-14)25-5;/h7-8,11-12H,6,9-10,13H2,1-5H3,(H,20,21);1H. The second kappa shape index (κ2) is 11.7. The van der Waals surface area contributed by atoms with Crippen LogP contribution in [0.3, 0.4) is 0 Å². The third-order valence-corrected chi connectivity index (χ3v) is 4.15. The lowest BCUT2D eigenvalue weighted by Gasteiger charge is -2.21. The zero-order valence-electron chi connectivity index (χ0n) is 16.6. The van der Waals surface area contributed by atoms with Crippen LogP contribution in [0.2, 0.25) is 0 Å². The average Bonchev–Trinajstić information content (AvgIpc) is 3.14. The van der Waals surface area contributed by atoms with E-state index in [-0.39, 0.29) is 24.0 Å². The number of ether oxygens (including phenoxy) is 2. The molecule has 0 atom stereocenters. The number of hydrogen-bond donors (Lipinski definition) is 1. The van der Waals surface area contributed by atoms with Crippen LogP contribution in [0.4, 0.5) is 0 Å². The van der Waals surface area contributed by atoms with Gasteiger partial charge >= 0.3 is 0 Å². The second-order valence-corrected chi connectivity index (χ2v) is 5.90. The molecule has 1 aromatic carbocycles. The van der Waals surface area contributed by atoms with Crippen LogP contribution in [-0.4, -0.2) is 50.9 Å². The zero-order chi connectivity index (χ0) is 18.9. The number of nitrogens with zero attached hydrogens (tertiary/aromatic N) is 3. The minimum Gasteiger partial charge on any atom is -0.493 e. The molecule has 1 heterocycles. The molecule has 0 spiro atoms. The first kappa shape index (κ1) is 23.1. The van der Waals surface area contributed by atoms with E-state index in [1.165, 1.54) is 5.56 Å². The lowest BCUT2D eigenvalue weighted by atomic mass is 10.1. The first-order valence-electron chi connectivity index (χ1n) is 8.68. The van der Waals surface area contributed by atoms with E-state index in [0.29, 0.717) is 6.54 Å². The molecule has 8 heteroatoms. The van der Waals surface area contributed by atoms with Gasteiger partial charge in [-0.15, -0.1) is 24.0 Å². The van der Waals surface area contributed by atoms with Crippen LogP contribution < -0.4 is 14.8 Å². The van der Waals surface area contributed by atoms with Crippen molar-refractivity contribution in [3.63, 3.8) is 0 Å². The third-order valence-electron chi connectivity index (χ3n) is 4.15. The number of nitrogens with one attached hydrogen (secondary N) is 1. The van der Waals surface area contributed by atoms with Gasteiger partial charge in [-0.25, -0.2) is 0 Å². The highest BCUT2D eigenvalue weighted by molar-refractivity contribution is 14.0. The minimum atomic E-state index is 0. The van der Waals surface area contributed by atoms with Crippen molar-refractivity contribution in [3.8, 4) is 11.5 Å². The first-order valence-corrected chi connectivity index (χ1v) is 8.68. The maximum atomic E-state index is 5.36. The van der Waals surface area contributed by atoms with Crippen LogP contribution in [-0.2, 0) is 19.4 Å². The number of guanidine groups is 1. The molecular formula is C19H29IN4O3. The lowest BCUT2D eigenvalue weighted by molar-refractivity contribution is 0.354. The quantitative estimate of drug-likeness (QED) is 0.350. The summed E-state index contributed by atoms with van der Waals surface area (Å²) in [6, 6.07) is 7.94. The van der Waals surface area contributed by atoms with Crippen molar-refractivity contribution in [3.05, 3.63) is 41.3 Å². The molecule has 0 unspecified atom stereocenters. The first-order chi connectivity index (χ1) is 12.6. The summed E-state index contributed by atoms with van der Waals surface area (Å²) in [6.07, 6.45) is 1.73. The number of halogens is 1. The Labute approximate surface area is 178 Å². The lowest BCUT2D eigenvalue weighted by Crippen LogP contribution is -2.39. The Kier molecular flexibility index (Phi) is 9.98. The summed E-state index contributed by atoms with van der Waals surface area (Å²) in [4.78, 5) is 6.41. The van der Waals surface area contributed by atoms with E-state index in [1.807, 2.05) is 31.3 Å². The van der Waals surface area contributed by atoms with Crippen LogP contribution in [0.15, 0.2) is 33.8 Å². The summed E-state index contributed by atoms with van der Waals surface area (Å²) in [7, 11) is 7.06. The molecule has 0 bridgehead atoms. The van der Waals surface area contributed by atoms with Gasteiger partial charge < -0.3 is 24.2 Å². The molecule has 0 saturated heterocycles. The SMILES string of the molecule is CCc1cc(CNC(=NC)N(C)CCc2ccc(OC)c(OC)c2)on1.I. The summed E-state index contributed by atoms with van der Waals surface area (Å²) in [5, 5.41) is 7.30. The van der Waals surface area contributed by atoms with Gasteiger partial charge in [-0.1, -0.05) is 18.1 Å². The van der Waals surface area contributed by atoms with Crippen LogP contribution >= 0.6 is 24.0 Å². The van der Waals surface area contributed by atoms with Crippen LogP contribution in [0.25, 0.3) is 0 Å². The molecule has 0 radical (unpaired) electrons. The van der Waals surface area contributed by atoms with Gasteiger partial charge in [0.15, 0.2) is 23.2 Å². The Morgan fingerprint density at radius 3 is 2.56 bits per heavy atom. The van der Waals surface area contributed by atoms with Gasteiger partial charge in [0, 0.05) is 26.7 Å². The van der Waals surface area contributed by atoms with Gasteiger partial charge in [-0.2, -0.15) is 0 Å². The topological polar surface area (TPSA) is 72.1 Å². The molecule has 1 N–H and O–H groups in total. The number of aromatic nitrogens is 1. The Bertz CT molecular complexity index is 733. The number of benzene rings is 1. The zero-order valence-corrected chi connectivity index (χ0v) is 18.9. The molecular weight excluding hydrogens is 459 g/mol. The van der Waals surface area contributed by atoms with E-state index < -0.39 is 0 Å². The minimum absolute atomic E-state index is 0. The van der Waals surface area contributed by atoms with E-state index in [4.69, 9.17) is 14.0 Å². The number of aryl methyl sites for hydroxylation is 1. The molecule has 0 amide bonds. The molecule has 0 aliphatic carbocycles. The number of methoxy groups -OCH3 is 2. The number of rotatable bonds is 8. The highest BCUT2D eigenvalue weighted by atomic mass is 127. The summed E-state index contributed by atoms with van der Waals surface area (Å²) in [5.41, 5.74) is 2.13. The molecule has 0 saturated carbocycles. The molecule has 0 aliphatic rings. The van der Waals surface area contributed by atoms with Crippen molar-refractivity contribution < 1.29 is 14.0 Å². The molecule has 0 aliphatic heterocycles. The van der Waals surface area contributed by atoms with Crippen molar-refractivity contribution in [2.45, 2.75) is 26.3 Å². The largest absolute Gasteiger partial charge is 0.493 e. The average molecular weight is 488 g/mol. The third kappa shape index (κ3) is 6.60. The van der Waals surface area contributed by atoms with Crippen LogP contribution in [0.1, 0.15) is 23.9 Å². The van der Waals surface area contributed by atoms with Gasteiger partial charge in [0.2, 0.25) is 0 Å². The maximum Gasteiger partial charge on any atom is 0.193 e. The highest BCUT2D eigenvalue weighted by Gasteiger charge is 2.10. The molecule has 0 fully saturated rings. The van der Waals surface area contributed by atoms with Gasteiger partial charge in [0.1, 0.15) is 0 Å². The Balaban J connectivity index is 0.00000364. The fourth-order valence-corrected chi connectivity index (χ4v) is 2.60. The summed E-state index contributed by atoms with van der Waals surface area (Å²) < 4.78 is 15.9. The van der Waals surface area contributed by atoms with Crippen molar-refractivity contribution in [2.24, 2.45) is 4.99 Å². The highest BCUT2D eigenvalue weighted by Crippen LogP contribution is 2.27. The Morgan fingerprint density at radius 2 is 1.96 bits per heavy atom. The normalized spacial score (nSPS) is 10.9. The van der Waals surface area contributed by atoms with Crippen molar-refractivity contribution in [2.75, 3.05) is 34.9 Å². The molecule has 150 valence electrons. The van der Waals surface area contributed by atoms with Gasteiger partial charge in [0.25, 0.3) is 0 Å². The van der Waals surface area contributed by atoms with Crippen molar-refractivity contribution in [1.29, 1.82) is 0 Å². The van der Waals surface area contributed by atoms with Crippen molar-refractivity contribution >= 4 is 29.9 Å². The second-order valence-electron chi connectivity index (χ2n) is 5.90. The van der Waals surface area contributed by atoms with Gasteiger partial charge in [0.05, 0.1) is 26.5 Å². The predicted octanol–water partition coefficient (Wildman–Crippen LogP) is 3.12. The van der Waals surface area contributed by atoms with Crippen LogP contribution in [0.5, 0.6) is 11.5 Å². The fourth-order valence-electron chi connectivity index (χ4n) is 2.60. The van der Waals surface area contributed by atoms with Gasteiger partial charge in [-0.3, -0.25) is 4.99 Å². The summed E-state index contributed by atoms with van der Waals surface area (Å²) in [6.45, 7) is 3.42. The fraction of sp³-hybridized carbons (Fsp3) is 0.474. The molecule has 7 nitrogen and oxygen atoms in total. The molecule has 1 aromatic heterocycles. The predicted molar refractivity (Wildman–Crippen MR) is 117 cm³/mol. The number of likely N-dealkylation sites (N-methyl/N-ethyl adjacent to an activating group) is 1. The van der Waals surface area contributed by atoms with Crippen LogP contribution in [0, 0.1) is 0 Å². The number of aliphatic imine (C=N–C) groups is 1. The molecule has 27 heavy (non-hydrogen) atoms. The maximum absolute atomic E-state index is 5.36. The van der Waals surface area contributed by atoms with E-state index in [0.717, 1.165) is 48.3 Å². The Hall–Kier alpha value is -1.97. The van der Waals surface area contributed by atoms with E-state index in [9.17, 15) is 0 Å². The van der Waals surface area contributed by atoms with Gasteiger partial charge in [-0.05, 0) is 30.5 Å². The number of hydrogen-bond acceptors (Lipinski definition) is 5. The van der Waals surface area contributed by atoms with E-state index in [2.05, 4.69) is 27.3 Å². The van der Waals surface area contributed by atoms with Crippen molar-refractivity contribution in [1.82, 2.24) is 15.4 Å². The van der Waals surface area contributed by atoms with E-state index >= 15 is 0 Å². The summed E-state index contributed by atoms with van der Waals surface area (Å²) >= 11 is 0. The van der Waals surface area contributed by atoms with E-state index in [1.54, 1.807) is 21.3 Å². The monoisotopic (exact) mass is 488 g/mol. The molecule has 2 rings (SSSR count). The smallest absolute Gasteiger partial charge is 0.193 e. The Morgan fingerprint density at radius 1 is 1.22 bits per heavy atom. The summed E-state index contributed by atoms with van der Waals surface area (Å²) in [5.74, 6) is 3.09. The molecule has 2 aromatic rings.